The first-order valence-electron chi connectivity index (χ1n) is 11.1. The van der Waals surface area contributed by atoms with Crippen LogP contribution in [0.5, 0.6) is 0 Å². The van der Waals surface area contributed by atoms with Gasteiger partial charge in [-0.2, -0.15) is 0 Å². The summed E-state index contributed by atoms with van der Waals surface area (Å²) in [5.41, 5.74) is 0.938. The fourth-order valence-electron chi connectivity index (χ4n) is 5.94. The molecule has 166 valence electrons. The highest BCUT2D eigenvalue weighted by atomic mass is 35.5. The molecule has 5 nitrogen and oxygen atoms in total. The first kappa shape index (κ1) is 23.1. The molecule has 3 rings (SSSR count). The molecule has 0 aromatic heterocycles. The van der Waals surface area contributed by atoms with E-state index in [0.29, 0.717) is 11.6 Å². The van der Waals surface area contributed by atoms with Crippen molar-refractivity contribution in [2.45, 2.75) is 72.1 Å². The zero-order chi connectivity index (χ0) is 22.1. The molecule has 0 aliphatic heterocycles. The minimum Gasteiger partial charge on any atom is -0.392 e. The molecule has 2 amide bonds. The molecule has 3 N–H and O–H groups in total. The van der Waals surface area contributed by atoms with Crippen molar-refractivity contribution in [1.29, 1.82) is 0 Å². The quantitative estimate of drug-likeness (QED) is 0.657. The van der Waals surface area contributed by atoms with Crippen LogP contribution in [0.2, 0.25) is 5.02 Å². The van der Waals surface area contributed by atoms with Gasteiger partial charge in [0, 0.05) is 30.5 Å². The van der Waals surface area contributed by atoms with Crippen LogP contribution in [0.15, 0.2) is 24.3 Å². The summed E-state index contributed by atoms with van der Waals surface area (Å²) in [6.45, 7) is 8.24. The van der Waals surface area contributed by atoms with E-state index in [2.05, 4.69) is 24.5 Å². The third-order valence-corrected chi connectivity index (χ3v) is 8.11. The summed E-state index contributed by atoms with van der Waals surface area (Å²) in [7, 11) is 0. The Morgan fingerprint density at radius 2 is 1.93 bits per heavy atom. The van der Waals surface area contributed by atoms with Gasteiger partial charge in [0.15, 0.2) is 0 Å². The Balaban J connectivity index is 1.68. The van der Waals surface area contributed by atoms with Gasteiger partial charge in [-0.25, -0.2) is 0 Å². The van der Waals surface area contributed by atoms with Crippen molar-refractivity contribution < 1.29 is 14.7 Å². The van der Waals surface area contributed by atoms with Crippen LogP contribution in [-0.2, 0) is 16.1 Å². The van der Waals surface area contributed by atoms with E-state index >= 15 is 0 Å². The zero-order valence-corrected chi connectivity index (χ0v) is 19.2. The molecule has 0 heterocycles. The highest BCUT2D eigenvalue weighted by Crippen LogP contribution is 2.55. The Labute approximate surface area is 185 Å². The predicted molar refractivity (Wildman–Crippen MR) is 119 cm³/mol. The number of fused-ring (bicyclic) bond motifs is 1. The largest absolute Gasteiger partial charge is 0.392 e. The van der Waals surface area contributed by atoms with Crippen LogP contribution in [-0.4, -0.2) is 29.1 Å². The van der Waals surface area contributed by atoms with E-state index in [9.17, 15) is 14.7 Å². The maximum absolute atomic E-state index is 12.9. The van der Waals surface area contributed by atoms with Crippen molar-refractivity contribution >= 4 is 23.4 Å². The molecule has 2 aliphatic carbocycles. The van der Waals surface area contributed by atoms with E-state index in [4.69, 9.17) is 11.6 Å². The molecule has 6 heteroatoms. The normalized spacial score (nSPS) is 34.5. The first-order chi connectivity index (χ1) is 14.1. The molecule has 1 aromatic carbocycles. The van der Waals surface area contributed by atoms with Crippen molar-refractivity contribution in [2.24, 2.45) is 29.1 Å². The minimum absolute atomic E-state index is 0.0235. The van der Waals surface area contributed by atoms with Crippen LogP contribution in [0.4, 0.5) is 0 Å². The Kier molecular flexibility index (Phi) is 7.13. The lowest BCUT2D eigenvalue weighted by Gasteiger charge is -2.56. The summed E-state index contributed by atoms with van der Waals surface area (Å²) in [6, 6.07) is 7.57. The van der Waals surface area contributed by atoms with Crippen LogP contribution < -0.4 is 10.6 Å². The summed E-state index contributed by atoms with van der Waals surface area (Å²) >= 11 is 6.20. The molecule has 0 unspecified atom stereocenters. The number of rotatable bonds is 5. The number of hydrogen-bond donors (Lipinski definition) is 3. The Morgan fingerprint density at radius 1 is 1.27 bits per heavy atom. The van der Waals surface area contributed by atoms with Crippen LogP contribution in [0, 0.1) is 29.1 Å². The van der Waals surface area contributed by atoms with Gasteiger partial charge < -0.3 is 15.7 Å². The van der Waals surface area contributed by atoms with Crippen molar-refractivity contribution in [3.8, 4) is 0 Å². The number of aliphatic hydroxyl groups excluding tert-OH is 1. The number of halogens is 1. The second kappa shape index (κ2) is 9.27. The average molecular weight is 435 g/mol. The summed E-state index contributed by atoms with van der Waals surface area (Å²) in [5.74, 6) is -0.216. The average Bonchev–Trinajstić information content (AvgIpc) is 2.69. The molecule has 0 radical (unpaired) electrons. The van der Waals surface area contributed by atoms with E-state index in [1.54, 1.807) is 6.92 Å². The number of carbonyl (C=O) groups excluding carboxylic acids is 2. The zero-order valence-electron chi connectivity index (χ0n) is 18.5. The molecule has 30 heavy (non-hydrogen) atoms. The third kappa shape index (κ3) is 4.67. The van der Waals surface area contributed by atoms with E-state index < -0.39 is 6.10 Å². The van der Waals surface area contributed by atoms with Gasteiger partial charge in [0.05, 0.1) is 6.10 Å². The van der Waals surface area contributed by atoms with Crippen molar-refractivity contribution in [2.75, 3.05) is 0 Å². The monoisotopic (exact) mass is 434 g/mol. The third-order valence-electron chi connectivity index (χ3n) is 7.74. The van der Waals surface area contributed by atoms with E-state index in [0.717, 1.165) is 31.2 Å². The van der Waals surface area contributed by atoms with Crippen LogP contribution in [0.1, 0.15) is 58.9 Å². The predicted octanol–water partition coefficient (Wildman–Crippen LogP) is 3.92. The lowest BCUT2D eigenvalue weighted by atomic mass is 9.51. The van der Waals surface area contributed by atoms with Gasteiger partial charge in [0.25, 0.3) is 0 Å². The van der Waals surface area contributed by atoms with Gasteiger partial charge in [0.1, 0.15) is 0 Å². The smallest absolute Gasteiger partial charge is 0.223 e. The number of nitrogens with one attached hydrogen (secondary N) is 2. The summed E-state index contributed by atoms with van der Waals surface area (Å²) < 4.78 is 0. The molecule has 2 fully saturated rings. The summed E-state index contributed by atoms with van der Waals surface area (Å²) in [5, 5.41) is 18.1. The standard InChI is InChI=1S/C24H35ClN2O3/c1-14(23(30)26-13-17-7-5-6-8-19(17)25)18-9-11-24(4)12-10-20(27-16(3)28)15(2)21(24)22(18)29/h5-8,14-15,18,20-22,29H,9-13H2,1-4H3,(H,26,30)(H,27,28)/t14-,15-,18+,20-,21+,22-,24+/m0/s1. The van der Waals surface area contributed by atoms with Gasteiger partial charge in [-0.1, -0.05) is 50.6 Å². The second-order valence-electron chi connectivity index (χ2n) is 9.68. The van der Waals surface area contributed by atoms with E-state index in [1.807, 2.05) is 31.2 Å². The topological polar surface area (TPSA) is 78.4 Å². The molecule has 2 saturated carbocycles. The maximum Gasteiger partial charge on any atom is 0.223 e. The van der Waals surface area contributed by atoms with Gasteiger partial charge in [-0.15, -0.1) is 0 Å². The SMILES string of the molecule is CC(=O)N[C@H]1CC[C@@]2(C)CC[C@H]([C@H](C)C(=O)NCc3ccccc3Cl)[C@H](O)[C@H]2[C@H]1C. The number of aliphatic hydroxyl groups is 1. The Bertz CT molecular complexity index is 785. The second-order valence-corrected chi connectivity index (χ2v) is 10.1. The molecule has 7 atom stereocenters. The Morgan fingerprint density at radius 3 is 2.60 bits per heavy atom. The number of benzene rings is 1. The number of hydrogen-bond acceptors (Lipinski definition) is 3. The van der Waals surface area contributed by atoms with E-state index in [1.165, 1.54) is 0 Å². The summed E-state index contributed by atoms with van der Waals surface area (Å²) in [4.78, 5) is 24.5. The van der Waals surface area contributed by atoms with Crippen molar-refractivity contribution in [3.05, 3.63) is 34.9 Å². The van der Waals surface area contributed by atoms with Gasteiger partial charge in [0.2, 0.25) is 11.8 Å². The molecular weight excluding hydrogens is 400 g/mol. The van der Waals surface area contributed by atoms with Crippen LogP contribution >= 0.6 is 11.6 Å². The highest BCUT2D eigenvalue weighted by Gasteiger charge is 2.53. The molecular formula is C24H35ClN2O3. The maximum atomic E-state index is 12.9. The molecule has 0 saturated heterocycles. The Hall–Kier alpha value is -1.59. The van der Waals surface area contributed by atoms with Crippen molar-refractivity contribution in [1.82, 2.24) is 10.6 Å². The fourth-order valence-corrected chi connectivity index (χ4v) is 6.14. The van der Waals surface area contributed by atoms with E-state index in [-0.39, 0.29) is 46.9 Å². The summed E-state index contributed by atoms with van der Waals surface area (Å²) in [6.07, 6.45) is 3.21. The van der Waals surface area contributed by atoms with Crippen LogP contribution in [0.25, 0.3) is 0 Å². The van der Waals surface area contributed by atoms with Crippen LogP contribution in [0.3, 0.4) is 0 Å². The lowest BCUT2D eigenvalue weighted by molar-refractivity contribution is -0.143. The first-order valence-corrected chi connectivity index (χ1v) is 11.5. The van der Waals surface area contributed by atoms with Gasteiger partial charge in [-0.05, 0) is 60.5 Å². The van der Waals surface area contributed by atoms with Gasteiger partial charge in [-0.3, -0.25) is 9.59 Å². The minimum atomic E-state index is -0.559. The molecule has 0 bridgehead atoms. The van der Waals surface area contributed by atoms with Gasteiger partial charge >= 0.3 is 0 Å². The number of carbonyl (C=O) groups is 2. The molecule has 0 spiro atoms. The molecule has 1 aromatic rings. The molecule has 2 aliphatic rings. The number of amides is 2. The highest BCUT2D eigenvalue weighted by molar-refractivity contribution is 6.31. The van der Waals surface area contributed by atoms with Crippen molar-refractivity contribution in [3.63, 3.8) is 0 Å². The lowest BCUT2D eigenvalue weighted by Crippen LogP contribution is -2.58. The fraction of sp³-hybridized carbons (Fsp3) is 0.667.